The van der Waals surface area contributed by atoms with Gasteiger partial charge >= 0.3 is 0 Å². The van der Waals surface area contributed by atoms with E-state index < -0.39 is 0 Å². The van der Waals surface area contributed by atoms with Gasteiger partial charge in [0, 0.05) is 116 Å². The van der Waals surface area contributed by atoms with E-state index in [1.165, 1.54) is 0 Å². The average Bonchev–Trinajstić information content (AvgIpc) is 2.98. The Hall–Kier alpha value is -2.96. The number of nitrogens with one attached hydrogen (secondary N) is 1. The highest BCUT2D eigenvalue weighted by molar-refractivity contribution is 14.1. The van der Waals surface area contributed by atoms with E-state index in [1.54, 1.807) is 0 Å². The van der Waals surface area contributed by atoms with E-state index in [0.717, 1.165) is 98.2 Å². The van der Waals surface area contributed by atoms with Gasteiger partial charge in [0.15, 0.2) is 0 Å². The minimum Gasteiger partial charge on any atom is -0.383 e. The number of nitrogens with zero attached hydrogens (tertiary/aromatic N) is 5. The summed E-state index contributed by atoms with van der Waals surface area (Å²) < 4.78 is 7.94. The summed E-state index contributed by atoms with van der Waals surface area (Å²) in [5, 5.41) is 3.09. The summed E-state index contributed by atoms with van der Waals surface area (Å²) in [6.45, 7) is 12.7. The third kappa shape index (κ3) is 7.10. The molecule has 2 aliphatic heterocycles. The summed E-state index contributed by atoms with van der Waals surface area (Å²) in [6, 6.07) is 12.7. The van der Waals surface area contributed by atoms with Crippen LogP contribution < -0.4 is 20.9 Å². The standard InChI is InChI=1S/C31H40IN7O2/c1-4-39(26-7-13-41-14-8-26)27-17-24(23-5-6-29(34-19-23)37-9-11-38(32)12-10-37)16-25(18-27)31(40)35-20-28-21(2)15-22(3)36-30(28)33/h5-6,15-19,26H,4,7-14,20H2,1-3H3,(H2,33,36)(H,35,40). The molecule has 0 atom stereocenters. The first-order valence-electron chi connectivity index (χ1n) is 14.4. The number of pyridine rings is 2. The van der Waals surface area contributed by atoms with Crippen LogP contribution in [-0.2, 0) is 11.3 Å². The molecule has 0 bridgehead atoms. The second kappa shape index (κ2) is 13.3. The number of halogens is 1. The van der Waals surface area contributed by atoms with E-state index in [-0.39, 0.29) is 5.91 Å². The molecule has 1 aromatic carbocycles. The maximum atomic E-state index is 13.6. The molecule has 41 heavy (non-hydrogen) atoms. The van der Waals surface area contributed by atoms with Crippen LogP contribution in [0.2, 0.25) is 0 Å². The molecule has 0 aliphatic carbocycles. The number of ether oxygens (including phenoxy) is 1. The predicted octanol–water partition coefficient (Wildman–Crippen LogP) is 4.75. The quantitative estimate of drug-likeness (QED) is 0.262. The molecule has 2 fully saturated rings. The van der Waals surface area contributed by atoms with Crippen molar-refractivity contribution in [3.05, 3.63) is 65.0 Å². The maximum Gasteiger partial charge on any atom is 0.251 e. The van der Waals surface area contributed by atoms with Gasteiger partial charge in [-0.1, -0.05) is 0 Å². The van der Waals surface area contributed by atoms with Gasteiger partial charge in [0.05, 0.1) is 0 Å². The Kier molecular flexibility index (Phi) is 9.61. The monoisotopic (exact) mass is 669 g/mol. The molecular formula is C31H40IN7O2. The smallest absolute Gasteiger partial charge is 0.251 e. The van der Waals surface area contributed by atoms with Crippen LogP contribution in [0, 0.1) is 13.8 Å². The fourth-order valence-corrected chi connectivity index (χ4v) is 6.20. The van der Waals surface area contributed by atoms with Gasteiger partial charge in [-0.3, -0.25) is 4.79 Å². The van der Waals surface area contributed by atoms with Crippen molar-refractivity contribution in [2.75, 3.05) is 61.5 Å². The molecule has 218 valence electrons. The minimum absolute atomic E-state index is 0.142. The number of hydrogen-bond acceptors (Lipinski definition) is 8. The molecule has 0 saturated carbocycles. The normalized spacial score (nSPS) is 16.5. The minimum atomic E-state index is -0.142. The number of aromatic nitrogens is 2. The summed E-state index contributed by atoms with van der Waals surface area (Å²) in [5.74, 6) is 1.31. The third-order valence-corrected chi connectivity index (χ3v) is 9.01. The summed E-state index contributed by atoms with van der Waals surface area (Å²) in [5.41, 5.74) is 12.5. The van der Waals surface area contributed by atoms with Crippen LogP contribution in [-0.4, -0.2) is 71.0 Å². The number of nitrogen functional groups attached to an aromatic ring is 1. The molecule has 2 saturated heterocycles. The zero-order chi connectivity index (χ0) is 28.9. The molecule has 0 spiro atoms. The van der Waals surface area contributed by atoms with Crippen molar-refractivity contribution in [3.8, 4) is 11.1 Å². The van der Waals surface area contributed by atoms with Crippen LogP contribution in [0.5, 0.6) is 0 Å². The number of benzene rings is 1. The summed E-state index contributed by atoms with van der Waals surface area (Å²) in [7, 11) is 0. The highest BCUT2D eigenvalue weighted by Gasteiger charge is 2.23. The summed E-state index contributed by atoms with van der Waals surface area (Å²) in [4.78, 5) is 27.5. The SMILES string of the molecule is CCN(c1cc(C(=O)NCc2c(C)cc(C)nc2N)cc(-c2ccc(N3CCN(I)CC3)nc2)c1)C1CCOCC1. The van der Waals surface area contributed by atoms with Crippen molar-refractivity contribution in [3.63, 3.8) is 0 Å². The molecule has 10 heteroatoms. The fraction of sp³-hybridized carbons (Fsp3) is 0.452. The van der Waals surface area contributed by atoms with Gasteiger partial charge in [-0.25, -0.2) is 13.1 Å². The van der Waals surface area contributed by atoms with Crippen molar-refractivity contribution < 1.29 is 9.53 Å². The van der Waals surface area contributed by atoms with Crippen molar-refractivity contribution in [2.45, 2.75) is 46.2 Å². The number of hydrogen-bond donors (Lipinski definition) is 2. The van der Waals surface area contributed by atoms with Crippen molar-refractivity contribution in [2.24, 2.45) is 0 Å². The number of rotatable bonds is 8. The lowest BCUT2D eigenvalue weighted by molar-refractivity contribution is 0.0846. The molecule has 3 N–H and O–H groups in total. The Bertz CT molecular complexity index is 1330. The van der Waals surface area contributed by atoms with E-state index in [4.69, 9.17) is 15.5 Å². The lowest BCUT2D eigenvalue weighted by atomic mass is 10.00. The number of aryl methyl sites for hydroxylation is 2. The zero-order valence-corrected chi connectivity index (χ0v) is 26.4. The molecule has 1 amide bonds. The van der Waals surface area contributed by atoms with Crippen LogP contribution in [0.1, 0.15) is 46.9 Å². The second-order valence-electron chi connectivity index (χ2n) is 10.8. The number of nitrogens with two attached hydrogens (primary N) is 1. The number of carbonyl (C=O) groups excluding carboxylic acids is 1. The highest BCUT2D eigenvalue weighted by Crippen LogP contribution is 2.31. The Labute approximate surface area is 257 Å². The van der Waals surface area contributed by atoms with Crippen LogP contribution >= 0.6 is 22.9 Å². The first-order valence-corrected chi connectivity index (χ1v) is 15.4. The predicted molar refractivity (Wildman–Crippen MR) is 174 cm³/mol. The second-order valence-corrected chi connectivity index (χ2v) is 12.2. The van der Waals surface area contributed by atoms with Crippen LogP contribution in [0.15, 0.2) is 42.6 Å². The fourth-order valence-electron chi connectivity index (χ4n) is 5.77. The average molecular weight is 670 g/mol. The Morgan fingerprint density at radius 2 is 1.85 bits per heavy atom. The van der Waals surface area contributed by atoms with Gasteiger partial charge in [-0.15, -0.1) is 0 Å². The van der Waals surface area contributed by atoms with Gasteiger partial charge in [-0.2, -0.15) is 0 Å². The first-order chi connectivity index (χ1) is 19.8. The van der Waals surface area contributed by atoms with Gasteiger partial charge in [0.1, 0.15) is 11.6 Å². The molecule has 3 aromatic rings. The summed E-state index contributed by atoms with van der Waals surface area (Å²) >= 11 is 2.38. The Morgan fingerprint density at radius 3 is 2.51 bits per heavy atom. The van der Waals surface area contributed by atoms with Crippen molar-refractivity contribution in [1.29, 1.82) is 0 Å². The van der Waals surface area contributed by atoms with E-state index >= 15 is 0 Å². The molecular weight excluding hydrogens is 629 g/mol. The number of amides is 1. The molecule has 2 aliphatic rings. The van der Waals surface area contributed by atoms with Crippen LogP contribution in [0.25, 0.3) is 11.1 Å². The van der Waals surface area contributed by atoms with E-state index in [0.29, 0.717) is 24.0 Å². The Morgan fingerprint density at radius 1 is 1.10 bits per heavy atom. The van der Waals surface area contributed by atoms with Gasteiger partial charge in [0.25, 0.3) is 5.91 Å². The van der Waals surface area contributed by atoms with Crippen LogP contribution in [0.4, 0.5) is 17.3 Å². The molecule has 2 aromatic heterocycles. The molecule has 5 rings (SSSR count). The van der Waals surface area contributed by atoms with Gasteiger partial charge in [-0.05, 0) is 81.1 Å². The Balaban J connectivity index is 1.44. The maximum absolute atomic E-state index is 13.6. The van der Waals surface area contributed by atoms with E-state index in [9.17, 15) is 4.79 Å². The highest BCUT2D eigenvalue weighted by atomic mass is 127. The molecule has 4 heterocycles. The lowest BCUT2D eigenvalue weighted by Gasteiger charge is -2.35. The number of carbonyl (C=O) groups is 1. The third-order valence-electron chi connectivity index (χ3n) is 8.05. The van der Waals surface area contributed by atoms with Crippen molar-refractivity contribution >= 4 is 46.1 Å². The van der Waals surface area contributed by atoms with Crippen molar-refractivity contribution in [1.82, 2.24) is 18.4 Å². The first kappa shape index (κ1) is 29.5. The lowest BCUT2D eigenvalue weighted by Crippen LogP contribution is -2.42. The molecule has 0 radical (unpaired) electrons. The van der Waals surface area contributed by atoms with Gasteiger partial charge < -0.3 is 25.6 Å². The number of anilines is 3. The van der Waals surface area contributed by atoms with E-state index in [1.807, 2.05) is 38.2 Å². The molecule has 0 unspecified atom stereocenters. The topological polar surface area (TPSA) is 99.8 Å². The van der Waals surface area contributed by atoms with Gasteiger partial charge in [0.2, 0.25) is 0 Å². The number of piperazine rings is 1. The zero-order valence-electron chi connectivity index (χ0n) is 24.2. The largest absolute Gasteiger partial charge is 0.383 e. The van der Waals surface area contributed by atoms with Crippen LogP contribution in [0.3, 0.4) is 0 Å². The van der Waals surface area contributed by atoms with E-state index in [2.05, 4.69) is 71.2 Å². The molecule has 9 nitrogen and oxygen atoms in total. The summed E-state index contributed by atoms with van der Waals surface area (Å²) in [6.07, 6.45) is 3.87.